The molecule has 15 heavy (non-hydrogen) atoms. The molecule has 1 rings (SSSR count). The van der Waals surface area contributed by atoms with Crippen molar-refractivity contribution in [2.75, 3.05) is 6.61 Å². The predicted molar refractivity (Wildman–Crippen MR) is 52.4 cm³/mol. The summed E-state index contributed by atoms with van der Waals surface area (Å²) in [6, 6.07) is 3.90. The Kier molecular flexibility index (Phi) is 3.91. The van der Waals surface area contributed by atoms with Crippen molar-refractivity contribution in [3.05, 3.63) is 24.0 Å². The van der Waals surface area contributed by atoms with E-state index in [9.17, 15) is 9.18 Å². The van der Waals surface area contributed by atoms with Gasteiger partial charge >= 0.3 is 6.09 Å². The first-order valence-electron chi connectivity index (χ1n) is 4.53. The first kappa shape index (κ1) is 11.3. The van der Waals surface area contributed by atoms with Gasteiger partial charge in [0.1, 0.15) is 5.75 Å². The third kappa shape index (κ3) is 3.46. The van der Waals surface area contributed by atoms with Gasteiger partial charge < -0.3 is 15.2 Å². The summed E-state index contributed by atoms with van der Waals surface area (Å²) in [5.74, 6) is -0.441. The SMILES string of the molecule is CCCOc1ccc(F)c(OC(N)=O)c1. The summed E-state index contributed by atoms with van der Waals surface area (Å²) in [5.41, 5.74) is 4.77. The van der Waals surface area contributed by atoms with E-state index in [1.807, 2.05) is 6.92 Å². The zero-order chi connectivity index (χ0) is 11.3. The van der Waals surface area contributed by atoms with Crippen molar-refractivity contribution in [1.29, 1.82) is 0 Å². The second-order valence-electron chi connectivity index (χ2n) is 2.86. The van der Waals surface area contributed by atoms with E-state index in [1.54, 1.807) is 0 Å². The second kappa shape index (κ2) is 5.19. The van der Waals surface area contributed by atoms with Crippen molar-refractivity contribution in [2.24, 2.45) is 5.73 Å². The van der Waals surface area contributed by atoms with E-state index in [2.05, 4.69) is 4.74 Å². The lowest BCUT2D eigenvalue weighted by atomic mass is 10.3. The minimum absolute atomic E-state index is 0.226. The fourth-order valence-electron chi connectivity index (χ4n) is 0.980. The van der Waals surface area contributed by atoms with Crippen molar-refractivity contribution in [2.45, 2.75) is 13.3 Å². The molecule has 4 nitrogen and oxygen atoms in total. The van der Waals surface area contributed by atoms with Crippen molar-refractivity contribution >= 4 is 6.09 Å². The molecule has 1 aromatic carbocycles. The molecule has 0 bridgehead atoms. The first-order valence-corrected chi connectivity index (χ1v) is 4.53. The van der Waals surface area contributed by atoms with E-state index in [0.29, 0.717) is 12.4 Å². The van der Waals surface area contributed by atoms with Crippen LogP contribution in [0.3, 0.4) is 0 Å². The van der Waals surface area contributed by atoms with Crippen LogP contribution in [0.15, 0.2) is 18.2 Å². The van der Waals surface area contributed by atoms with Gasteiger partial charge in [-0.2, -0.15) is 0 Å². The summed E-state index contributed by atoms with van der Waals surface area (Å²) in [6.45, 7) is 2.46. The molecule has 0 unspecified atom stereocenters. The molecule has 0 saturated carbocycles. The molecule has 82 valence electrons. The molecule has 2 N–H and O–H groups in total. The Morgan fingerprint density at radius 3 is 2.87 bits per heavy atom. The van der Waals surface area contributed by atoms with Crippen LogP contribution in [0.4, 0.5) is 9.18 Å². The Labute approximate surface area is 86.8 Å². The quantitative estimate of drug-likeness (QED) is 0.832. The minimum atomic E-state index is -1.05. The molecule has 0 fully saturated rings. The highest BCUT2D eigenvalue weighted by Gasteiger charge is 2.08. The van der Waals surface area contributed by atoms with Gasteiger partial charge in [0.2, 0.25) is 0 Å². The van der Waals surface area contributed by atoms with Gasteiger partial charge in [0, 0.05) is 6.07 Å². The van der Waals surface area contributed by atoms with Crippen LogP contribution in [0.2, 0.25) is 0 Å². The molecule has 0 aliphatic carbocycles. The van der Waals surface area contributed by atoms with Crippen LogP contribution in [-0.2, 0) is 0 Å². The summed E-state index contributed by atoms with van der Waals surface area (Å²) >= 11 is 0. The van der Waals surface area contributed by atoms with E-state index in [0.717, 1.165) is 12.5 Å². The highest BCUT2D eigenvalue weighted by atomic mass is 19.1. The van der Waals surface area contributed by atoms with Crippen molar-refractivity contribution < 1.29 is 18.7 Å². The maximum atomic E-state index is 13.1. The summed E-state index contributed by atoms with van der Waals surface area (Å²) in [4.78, 5) is 10.4. The third-order valence-corrected chi connectivity index (χ3v) is 1.59. The number of hydrogen-bond acceptors (Lipinski definition) is 3. The Bertz CT molecular complexity index is 355. The smallest absolute Gasteiger partial charge is 0.410 e. The standard InChI is InChI=1S/C10H12FNO3/c1-2-5-14-7-3-4-8(11)9(6-7)15-10(12)13/h3-4,6H,2,5H2,1H3,(H2,12,13). The van der Waals surface area contributed by atoms with Crippen LogP contribution in [0.5, 0.6) is 11.5 Å². The third-order valence-electron chi connectivity index (χ3n) is 1.59. The molecular weight excluding hydrogens is 201 g/mol. The maximum Gasteiger partial charge on any atom is 0.410 e. The van der Waals surface area contributed by atoms with Gasteiger partial charge in [0.05, 0.1) is 6.61 Å². The highest BCUT2D eigenvalue weighted by molar-refractivity contribution is 5.68. The van der Waals surface area contributed by atoms with Gasteiger partial charge in [0.25, 0.3) is 0 Å². The Balaban J connectivity index is 2.80. The second-order valence-corrected chi connectivity index (χ2v) is 2.86. The molecule has 0 spiro atoms. The van der Waals surface area contributed by atoms with Crippen LogP contribution < -0.4 is 15.2 Å². The van der Waals surface area contributed by atoms with Gasteiger partial charge in [0.15, 0.2) is 11.6 Å². The van der Waals surface area contributed by atoms with E-state index < -0.39 is 11.9 Å². The lowest BCUT2D eigenvalue weighted by Gasteiger charge is -2.07. The largest absolute Gasteiger partial charge is 0.493 e. The molecule has 0 aromatic heterocycles. The fourth-order valence-corrected chi connectivity index (χ4v) is 0.980. The molecule has 0 aliphatic heterocycles. The zero-order valence-electron chi connectivity index (χ0n) is 8.33. The number of carbonyl (C=O) groups excluding carboxylic acids is 1. The van der Waals surface area contributed by atoms with Gasteiger partial charge in [-0.05, 0) is 18.6 Å². The number of primary amides is 1. The number of hydrogen-bond donors (Lipinski definition) is 1. The minimum Gasteiger partial charge on any atom is -0.493 e. The highest BCUT2D eigenvalue weighted by Crippen LogP contribution is 2.23. The summed E-state index contributed by atoms with van der Waals surface area (Å²) < 4.78 is 22.7. The van der Waals surface area contributed by atoms with E-state index in [1.165, 1.54) is 12.1 Å². The van der Waals surface area contributed by atoms with E-state index >= 15 is 0 Å². The van der Waals surface area contributed by atoms with Crippen LogP contribution in [-0.4, -0.2) is 12.7 Å². The normalized spacial score (nSPS) is 9.73. The zero-order valence-corrected chi connectivity index (χ0v) is 8.33. The van der Waals surface area contributed by atoms with Gasteiger partial charge in [-0.25, -0.2) is 9.18 Å². The molecule has 0 aliphatic rings. The van der Waals surface area contributed by atoms with Crippen molar-refractivity contribution in [3.8, 4) is 11.5 Å². The topological polar surface area (TPSA) is 61.6 Å². The number of rotatable bonds is 4. The number of benzene rings is 1. The van der Waals surface area contributed by atoms with E-state index in [-0.39, 0.29) is 5.75 Å². The van der Waals surface area contributed by atoms with Crippen LogP contribution in [0, 0.1) is 5.82 Å². The van der Waals surface area contributed by atoms with E-state index in [4.69, 9.17) is 10.5 Å². The average molecular weight is 213 g/mol. The van der Waals surface area contributed by atoms with Crippen LogP contribution in [0.1, 0.15) is 13.3 Å². The number of nitrogens with two attached hydrogens (primary N) is 1. The molecule has 0 heterocycles. The van der Waals surface area contributed by atoms with Gasteiger partial charge in [-0.15, -0.1) is 0 Å². The summed E-state index contributed by atoms with van der Waals surface area (Å²) in [6.07, 6.45) is -0.217. The molecular formula is C10H12FNO3. The van der Waals surface area contributed by atoms with Crippen LogP contribution >= 0.6 is 0 Å². The predicted octanol–water partition coefficient (Wildman–Crippen LogP) is 2.07. The molecule has 0 saturated heterocycles. The lowest BCUT2D eigenvalue weighted by molar-refractivity contribution is 0.208. The monoisotopic (exact) mass is 213 g/mol. The fraction of sp³-hybridized carbons (Fsp3) is 0.300. The Morgan fingerprint density at radius 1 is 1.53 bits per heavy atom. The van der Waals surface area contributed by atoms with Crippen LogP contribution in [0.25, 0.3) is 0 Å². The van der Waals surface area contributed by atoms with Gasteiger partial charge in [-0.3, -0.25) is 0 Å². The van der Waals surface area contributed by atoms with Gasteiger partial charge in [-0.1, -0.05) is 6.92 Å². The van der Waals surface area contributed by atoms with Crippen molar-refractivity contribution in [1.82, 2.24) is 0 Å². The summed E-state index contributed by atoms with van der Waals surface area (Å²) in [5, 5.41) is 0. The number of carbonyl (C=O) groups is 1. The first-order chi connectivity index (χ1) is 7.13. The number of amides is 1. The molecule has 0 radical (unpaired) electrons. The maximum absolute atomic E-state index is 13.1. The molecule has 5 heteroatoms. The summed E-state index contributed by atoms with van der Waals surface area (Å²) in [7, 11) is 0. The van der Waals surface area contributed by atoms with Crippen molar-refractivity contribution in [3.63, 3.8) is 0 Å². The number of ether oxygens (including phenoxy) is 2. The Hall–Kier alpha value is -1.78. The Morgan fingerprint density at radius 2 is 2.27 bits per heavy atom. The number of halogens is 1. The lowest BCUT2D eigenvalue weighted by Crippen LogP contribution is -2.17. The average Bonchev–Trinajstić information content (AvgIpc) is 2.18. The molecule has 0 atom stereocenters. The molecule has 1 aromatic rings. The molecule has 1 amide bonds.